The van der Waals surface area contributed by atoms with Crippen molar-refractivity contribution in [2.45, 2.75) is 26.2 Å². The van der Waals surface area contributed by atoms with E-state index in [0.717, 1.165) is 30.6 Å². The minimum Gasteiger partial charge on any atom is -0.495 e. The van der Waals surface area contributed by atoms with E-state index in [1.54, 1.807) is 7.11 Å². The Hall–Kier alpha value is -0.930. The first-order valence-corrected chi connectivity index (χ1v) is 6.67. The van der Waals surface area contributed by atoms with Gasteiger partial charge in [0, 0.05) is 17.6 Å². The van der Waals surface area contributed by atoms with Gasteiger partial charge < -0.3 is 15.2 Å². The number of hydrogen-bond donors (Lipinski definition) is 2. The van der Waals surface area contributed by atoms with E-state index in [-0.39, 0.29) is 12.0 Å². The van der Waals surface area contributed by atoms with Gasteiger partial charge >= 0.3 is 0 Å². The molecule has 1 aromatic carbocycles. The molecular weight excluding hydrogens is 250 g/mol. The molecule has 0 heterocycles. The molecule has 3 nitrogen and oxygen atoms in total. The van der Waals surface area contributed by atoms with E-state index >= 15 is 0 Å². The molecule has 2 N–H and O–H groups in total. The summed E-state index contributed by atoms with van der Waals surface area (Å²) < 4.78 is 5.18. The number of nitrogens with one attached hydrogen (secondary N) is 1. The lowest BCUT2D eigenvalue weighted by molar-refractivity contribution is 0.0576. The van der Waals surface area contributed by atoms with Gasteiger partial charge in [-0.1, -0.05) is 18.0 Å². The maximum atomic E-state index is 9.43. The molecule has 1 saturated carbocycles. The Balaban J connectivity index is 2.07. The van der Waals surface area contributed by atoms with Crippen LogP contribution in [-0.4, -0.2) is 25.4 Å². The average Bonchev–Trinajstić information content (AvgIpc) is 2.32. The van der Waals surface area contributed by atoms with Crippen LogP contribution in [0.25, 0.3) is 0 Å². The molecule has 1 aliphatic carbocycles. The van der Waals surface area contributed by atoms with Crippen molar-refractivity contribution in [2.75, 3.05) is 25.6 Å². The summed E-state index contributed by atoms with van der Waals surface area (Å²) in [6.45, 7) is 3.07. The Labute approximate surface area is 113 Å². The van der Waals surface area contributed by atoms with Crippen LogP contribution >= 0.6 is 11.6 Å². The summed E-state index contributed by atoms with van der Waals surface area (Å²) in [6.07, 6.45) is 3.41. The summed E-state index contributed by atoms with van der Waals surface area (Å²) in [5.41, 5.74) is 2.18. The molecule has 1 fully saturated rings. The van der Waals surface area contributed by atoms with Gasteiger partial charge in [-0.2, -0.15) is 0 Å². The van der Waals surface area contributed by atoms with E-state index in [2.05, 4.69) is 5.32 Å². The number of methoxy groups -OCH3 is 1. The van der Waals surface area contributed by atoms with Crippen LogP contribution in [0.5, 0.6) is 5.75 Å². The van der Waals surface area contributed by atoms with Crippen molar-refractivity contribution in [3.8, 4) is 5.75 Å². The number of hydrogen-bond acceptors (Lipinski definition) is 3. The highest BCUT2D eigenvalue weighted by Gasteiger charge is 2.36. The summed E-state index contributed by atoms with van der Waals surface area (Å²) in [6, 6.07) is 3.82. The van der Waals surface area contributed by atoms with Crippen LogP contribution in [0.2, 0.25) is 5.02 Å². The molecule has 0 bridgehead atoms. The normalized spacial score (nSPS) is 17.1. The number of ether oxygens (including phenoxy) is 1. The lowest BCUT2D eigenvalue weighted by atomic mass is 9.69. The van der Waals surface area contributed by atoms with E-state index in [9.17, 15) is 5.11 Å². The number of aryl methyl sites for hydroxylation is 1. The first-order valence-electron chi connectivity index (χ1n) is 6.29. The molecule has 1 aliphatic rings. The maximum absolute atomic E-state index is 9.43. The second-order valence-corrected chi connectivity index (χ2v) is 5.57. The molecule has 0 spiro atoms. The van der Waals surface area contributed by atoms with Gasteiger partial charge in [0.2, 0.25) is 0 Å². The van der Waals surface area contributed by atoms with Crippen molar-refractivity contribution in [1.82, 2.24) is 0 Å². The molecule has 2 rings (SSSR count). The zero-order chi connectivity index (χ0) is 13.2. The molecule has 0 unspecified atom stereocenters. The van der Waals surface area contributed by atoms with Crippen molar-refractivity contribution in [2.24, 2.45) is 5.41 Å². The molecular formula is C14H20ClNO2. The SMILES string of the molecule is COc1cc(C)c(NCC2(CO)CCC2)cc1Cl. The predicted octanol–water partition coefficient (Wildman–Crippen LogP) is 3.23. The van der Waals surface area contributed by atoms with E-state index in [4.69, 9.17) is 16.3 Å². The Morgan fingerprint density at radius 1 is 1.44 bits per heavy atom. The maximum Gasteiger partial charge on any atom is 0.137 e. The minimum absolute atomic E-state index is 0.0683. The van der Waals surface area contributed by atoms with Crippen LogP contribution in [-0.2, 0) is 0 Å². The Morgan fingerprint density at radius 3 is 2.67 bits per heavy atom. The molecule has 0 atom stereocenters. The van der Waals surface area contributed by atoms with Gasteiger partial charge in [0.1, 0.15) is 5.75 Å². The smallest absolute Gasteiger partial charge is 0.137 e. The first-order chi connectivity index (χ1) is 8.60. The highest BCUT2D eigenvalue weighted by Crippen LogP contribution is 2.41. The molecule has 1 aromatic rings. The minimum atomic E-state index is 0.0683. The molecule has 100 valence electrons. The predicted molar refractivity (Wildman–Crippen MR) is 74.6 cm³/mol. The third-order valence-electron chi connectivity index (χ3n) is 3.90. The third kappa shape index (κ3) is 2.57. The van der Waals surface area contributed by atoms with Gasteiger partial charge in [-0.05, 0) is 37.5 Å². The largest absolute Gasteiger partial charge is 0.495 e. The fourth-order valence-corrected chi connectivity index (χ4v) is 2.59. The Kier molecular flexibility index (Phi) is 4.03. The topological polar surface area (TPSA) is 41.5 Å². The van der Waals surface area contributed by atoms with Crippen molar-refractivity contribution in [3.05, 3.63) is 22.7 Å². The van der Waals surface area contributed by atoms with Crippen molar-refractivity contribution < 1.29 is 9.84 Å². The van der Waals surface area contributed by atoms with Gasteiger partial charge in [0.25, 0.3) is 0 Å². The number of halogens is 1. The van der Waals surface area contributed by atoms with Crippen LogP contribution < -0.4 is 10.1 Å². The molecule has 4 heteroatoms. The number of benzene rings is 1. The third-order valence-corrected chi connectivity index (χ3v) is 4.20. The number of anilines is 1. The molecule has 0 aliphatic heterocycles. The van der Waals surface area contributed by atoms with Crippen LogP contribution in [0.4, 0.5) is 5.69 Å². The first kappa shape index (κ1) is 13.5. The summed E-state index contributed by atoms with van der Waals surface area (Å²) >= 11 is 6.12. The average molecular weight is 270 g/mol. The van der Waals surface area contributed by atoms with Crippen LogP contribution in [0.3, 0.4) is 0 Å². The fourth-order valence-electron chi connectivity index (χ4n) is 2.35. The zero-order valence-electron chi connectivity index (χ0n) is 10.9. The second kappa shape index (κ2) is 5.37. The Bertz CT molecular complexity index is 425. The molecule has 0 amide bonds. The Morgan fingerprint density at radius 2 is 2.17 bits per heavy atom. The number of rotatable bonds is 5. The van der Waals surface area contributed by atoms with Crippen molar-refractivity contribution in [3.63, 3.8) is 0 Å². The van der Waals surface area contributed by atoms with E-state index in [1.165, 1.54) is 6.42 Å². The standard InChI is InChI=1S/C14H20ClNO2/c1-10-6-13(18-2)11(15)7-12(10)16-8-14(9-17)4-3-5-14/h6-7,16-17H,3-5,8-9H2,1-2H3. The van der Waals surface area contributed by atoms with E-state index in [0.29, 0.717) is 10.8 Å². The summed E-state index contributed by atoms with van der Waals surface area (Å²) in [5.74, 6) is 0.695. The van der Waals surface area contributed by atoms with Crippen LogP contribution in [0.15, 0.2) is 12.1 Å². The van der Waals surface area contributed by atoms with Gasteiger partial charge in [-0.3, -0.25) is 0 Å². The van der Waals surface area contributed by atoms with Crippen molar-refractivity contribution >= 4 is 17.3 Å². The quantitative estimate of drug-likeness (QED) is 0.862. The summed E-state index contributed by atoms with van der Waals surface area (Å²) in [7, 11) is 1.61. The monoisotopic (exact) mass is 269 g/mol. The van der Waals surface area contributed by atoms with Crippen molar-refractivity contribution in [1.29, 1.82) is 0 Å². The summed E-state index contributed by atoms with van der Waals surface area (Å²) in [5, 5.41) is 13.4. The molecule has 18 heavy (non-hydrogen) atoms. The second-order valence-electron chi connectivity index (χ2n) is 5.17. The van der Waals surface area contributed by atoms with Gasteiger partial charge in [-0.15, -0.1) is 0 Å². The van der Waals surface area contributed by atoms with E-state index < -0.39 is 0 Å². The van der Waals surface area contributed by atoms with Crippen LogP contribution in [0.1, 0.15) is 24.8 Å². The van der Waals surface area contributed by atoms with Gasteiger partial charge in [-0.25, -0.2) is 0 Å². The number of aliphatic hydroxyl groups excluding tert-OH is 1. The lowest BCUT2D eigenvalue weighted by Gasteiger charge is -2.40. The van der Waals surface area contributed by atoms with Gasteiger partial charge in [0.15, 0.2) is 0 Å². The highest BCUT2D eigenvalue weighted by atomic mass is 35.5. The van der Waals surface area contributed by atoms with E-state index in [1.807, 2.05) is 19.1 Å². The molecule has 0 radical (unpaired) electrons. The zero-order valence-corrected chi connectivity index (χ0v) is 11.7. The molecule has 0 saturated heterocycles. The fraction of sp³-hybridized carbons (Fsp3) is 0.571. The lowest BCUT2D eigenvalue weighted by Crippen LogP contribution is -2.39. The summed E-state index contributed by atoms with van der Waals surface area (Å²) in [4.78, 5) is 0. The molecule has 0 aromatic heterocycles. The van der Waals surface area contributed by atoms with Gasteiger partial charge in [0.05, 0.1) is 18.7 Å². The van der Waals surface area contributed by atoms with Crippen LogP contribution in [0, 0.1) is 12.3 Å². The highest BCUT2D eigenvalue weighted by molar-refractivity contribution is 6.32. The number of aliphatic hydroxyl groups is 1.